The maximum absolute atomic E-state index is 11.1. The number of carboxylic acids is 3. The highest BCUT2D eigenvalue weighted by atomic mass is 16.4. The standard InChI is InChI=1S/C27H51N3O6/c1-2-3-4-5-6-7-8-9-10-11-12-13-14-15-22-29-26(28)30-27(19-16-23(31)32,20-17-24(33)34)21-18-25(35)36/h2-22H2,1H3,(H,31,32)(H,33,34)(H,35,36)(H3,28,29,30). The van der Waals surface area contributed by atoms with E-state index >= 15 is 0 Å². The maximum atomic E-state index is 11.1. The van der Waals surface area contributed by atoms with Crippen molar-refractivity contribution in [3.8, 4) is 0 Å². The molecule has 0 saturated heterocycles. The molecule has 36 heavy (non-hydrogen) atoms. The third-order valence-corrected chi connectivity index (χ3v) is 6.64. The molecule has 0 bridgehead atoms. The molecular weight excluding hydrogens is 462 g/mol. The Morgan fingerprint density at radius 2 is 0.972 bits per heavy atom. The van der Waals surface area contributed by atoms with Gasteiger partial charge in [0.15, 0.2) is 5.96 Å². The smallest absolute Gasteiger partial charge is 0.303 e. The van der Waals surface area contributed by atoms with Crippen molar-refractivity contribution in [3.05, 3.63) is 0 Å². The number of hydrogen-bond donors (Lipinski definition) is 5. The fraction of sp³-hybridized carbons (Fsp3) is 0.852. The van der Waals surface area contributed by atoms with E-state index in [1.54, 1.807) is 0 Å². The molecule has 0 unspecified atom stereocenters. The fourth-order valence-electron chi connectivity index (χ4n) is 4.42. The third-order valence-electron chi connectivity index (χ3n) is 6.64. The molecule has 9 heteroatoms. The molecule has 0 aromatic rings. The molecule has 0 aliphatic heterocycles. The number of nitrogens with two attached hydrogens (primary N) is 1. The first-order valence-electron chi connectivity index (χ1n) is 13.9. The molecule has 210 valence electrons. The van der Waals surface area contributed by atoms with Gasteiger partial charge in [-0.2, -0.15) is 0 Å². The van der Waals surface area contributed by atoms with Crippen molar-refractivity contribution in [3.63, 3.8) is 0 Å². The number of guanidine groups is 1. The first kappa shape index (κ1) is 33.7. The Morgan fingerprint density at radius 3 is 1.31 bits per heavy atom. The van der Waals surface area contributed by atoms with Crippen LogP contribution in [0.2, 0.25) is 0 Å². The second kappa shape index (κ2) is 21.9. The van der Waals surface area contributed by atoms with Gasteiger partial charge in [0.2, 0.25) is 0 Å². The van der Waals surface area contributed by atoms with E-state index in [0.717, 1.165) is 19.3 Å². The van der Waals surface area contributed by atoms with Gasteiger partial charge in [-0.05, 0) is 25.7 Å². The molecular formula is C27H51N3O6. The van der Waals surface area contributed by atoms with Gasteiger partial charge in [-0.15, -0.1) is 0 Å². The monoisotopic (exact) mass is 513 g/mol. The number of carboxylic acid groups (broad SMARTS) is 3. The summed E-state index contributed by atoms with van der Waals surface area (Å²) in [5, 5.41) is 30.3. The number of aliphatic imine (C=N–C) groups is 1. The van der Waals surface area contributed by atoms with Crippen molar-refractivity contribution in [2.75, 3.05) is 6.54 Å². The van der Waals surface area contributed by atoms with Gasteiger partial charge in [0, 0.05) is 31.3 Å². The van der Waals surface area contributed by atoms with Crippen LogP contribution < -0.4 is 11.1 Å². The summed E-state index contributed by atoms with van der Waals surface area (Å²) in [6.07, 6.45) is 17.2. The molecule has 0 rings (SSSR count). The van der Waals surface area contributed by atoms with E-state index in [4.69, 9.17) is 21.1 Å². The molecule has 6 N–H and O–H groups in total. The molecule has 9 nitrogen and oxygen atoms in total. The Bertz CT molecular complexity index is 593. The molecule has 0 aromatic heterocycles. The number of carbonyl (C=O) groups is 3. The molecule has 0 aliphatic carbocycles. The van der Waals surface area contributed by atoms with Crippen molar-refractivity contribution < 1.29 is 29.7 Å². The minimum Gasteiger partial charge on any atom is -0.481 e. The molecule has 0 atom stereocenters. The van der Waals surface area contributed by atoms with Gasteiger partial charge in [0.1, 0.15) is 0 Å². The normalized spacial score (nSPS) is 12.0. The molecule has 0 amide bonds. The molecule has 0 saturated carbocycles. The summed E-state index contributed by atoms with van der Waals surface area (Å²) >= 11 is 0. The lowest BCUT2D eigenvalue weighted by Crippen LogP contribution is -2.52. The predicted octanol–water partition coefficient (Wildman–Crippen LogP) is 5.71. The summed E-state index contributed by atoms with van der Waals surface area (Å²) in [6.45, 7) is 2.76. The van der Waals surface area contributed by atoms with Crippen molar-refractivity contribution in [1.29, 1.82) is 0 Å². The van der Waals surface area contributed by atoms with E-state index in [1.807, 2.05) is 0 Å². The van der Waals surface area contributed by atoms with Gasteiger partial charge in [-0.3, -0.25) is 19.4 Å². The summed E-state index contributed by atoms with van der Waals surface area (Å²) in [5.74, 6) is -3.01. The average molecular weight is 514 g/mol. The minimum atomic E-state index is -1.04. The molecule has 0 spiro atoms. The molecule has 0 radical (unpaired) electrons. The molecule has 0 heterocycles. The number of nitrogens with zero attached hydrogens (tertiary/aromatic N) is 1. The molecule has 0 aliphatic rings. The fourth-order valence-corrected chi connectivity index (χ4v) is 4.42. The minimum absolute atomic E-state index is 0.0674. The van der Waals surface area contributed by atoms with Crippen LogP contribution in [0.25, 0.3) is 0 Å². The topological polar surface area (TPSA) is 162 Å². The van der Waals surface area contributed by atoms with Crippen LogP contribution in [-0.2, 0) is 14.4 Å². The average Bonchev–Trinajstić information content (AvgIpc) is 2.82. The summed E-state index contributed by atoms with van der Waals surface area (Å²) in [5.41, 5.74) is 4.99. The zero-order chi connectivity index (χ0) is 27.1. The first-order chi connectivity index (χ1) is 17.2. The Morgan fingerprint density at radius 1 is 0.639 bits per heavy atom. The van der Waals surface area contributed by atoms with E-state index in [9.17, 15) is 14.4 Å². The van der Waals surface area contributed by atoms with Crippen LogP contribution in [0.15, 0.2) is 4.99 Å². The van der Waals surface area contributed by atoms with E-state index in [2.05, 4.69) is 17.2 Å². The van der Waals surface area contributed by atoms with Gasteiger partial charge in [0.25, 0.3) is 0 Å². The van der Waals surface area contributed by atoms with Crippen molar-refractivity contribution in [1.82, 2.24) is 5.32 Å². The SMILES string of the molecule is CCCCCCCCCCCCCCCCN=C(N)NC(CCC(=O)O)(CCC(=O)O)CCC(=O)O. The van der Waals surface area contributed by atoms with E-state index < -0.39 is 23.4 Å². The van der Waals surface area contributed by atoms with E-state index in [-0.39, 0.29) is 44.5 Å². The van der Waals surface area contributed by atoms with E-state index in [1.165, 1.54) is 70.6 Å². The quantitative estimate of drug-likeness (QED) is 0.0589. The highest BCUT2D eigenvalue weighted by Gasteiger charge is 2.32. The predicted molar refractivity (Wildman–Crippen MR) is 143 cm³/mol. The molecule has 0 aromatic carbocycles. The lowest BCUT2D eigenvalue weighted by atomic mass is 9.83. The van der Waals surface area contributed by atoms with Gasteiger partial charge in [-0.1, -0.05) is 90.4 Å². The first-order valence-corrected chi connectivity index (χ1v) is 13.9. The number of nitrogens with one attached hydrogen (secondary N) is 1. The van der Waals surface area contributed by atoms with Crippen LogP contribution in [0.5, 0.6) is 0 Å². The van der Waals surface area contributed by atoms with E-state index in [0.29, 0.717) is 6.54 Å². The van der Waals surface area contributed by atoms with Gasteiger partial charge < -0.3 is 26.4 Å². The zero-order valence-electron chi connectivity index (χ0n) is 22.4. The van der Waals surface area contributed by atoms with Crippen LogP contribution in [0, 0.1) is 0 Å². The highest BCUT2D eigenvalue weighted by Crippen LogP contribution is 2.26. The number of rotatable bonds is 25. The second-order valence-corrected chi connectivity index (χ2v) is 9.95. The number of unbranched alkanes of at least 4 members (excludes halogenated alkanes) is 13. The third kappa shape index (κ3) is 21.0. The summed E-state index contributed by atoms with van der Waals surface area (Å²) < 4.78 is 0. The maximum Gasteiger partial charge on any atom is 0.303 e. The van der Waals surface area contributed by atoms with Crippen LogP contribution >= 0.6 is 0 Å². The van der Waals surface area contributed by atoms with Crippen LogP contribution in [0.3, 0.4) is 0 Å². The van der Waals surface area contributed by atoms with Crippen LogP contribution in [0.1, 0.15) is 135 Å². The largest absolute Gasteiger partial charge is 0.481 e. The molecule has 0 fully saturated rings. The van der Waals surface area contributed by atoms with Gasteiger partial charge in [0.05, 0.1) is 0 Å². The van der Waals surface area contributed by atoms with Crippen molar-refractivity contribution in [2.45, 2.75) is 141 Å². The van der Waals surface area contributed by atoms with Crippen LogP contribution in [-0.4, -0.2) is 51.3 Å². The van der Waals surface area contributed by atoms with Gasteiger partial charge >= 0.3 is 17.9 Å². The second-order valence-electron chi connectivity index (χ2n) is 9.95. The van der Waals surface area contributed by atoms with Crippen LogP contribution in [0.4, 0.5) is 0 Å². The summed E-state index contributed by atoms with van der Waals surface area (Å²) in [7, 11) is 0. The number of hydrogen-bond acceptors (Lipinski definition) is 4. The summed E-state index contributed by atoms with van der Waals surface area (Å²) in [4.78, 5) is 37.7. The number of aliphatic carboxylic acids is 3. The lowest BCUT2D eigenvalue weighted by Gasteiger charge is -2.34. The Balaban J connectivity index is 4.30. The Labute approximate surface area is 217 Å². The summed E-state index contributed by atoms with van der Waals surface area (Å²) in [6, 6.07) is 0. The van der Waals surface area contributed by atoms with Crippen molar-refractivity contribution in [2.24, 2.45) is 10.7 Å². The highest BCUT2D eigenvalue weighted by molar-refractivity contribution is 5.79. The zero-order valence-corrected chi connectivity index (χ0v) is 22.4. The van der Waals surface area contributed by atoms with Crippen molar-refractivity contribution >= 4 is 23.9 Å². The van der Waals surface area contributed by atoms with Gasteiger partial charge in [-0.25, -0.2) is 0 Å². The lowest BCUT2D eigenvalue weighted by molar-refractivity contribution is -0.137. The Kier molecular flexibility index (Phi) is 20.5. The Hall–Kier alpha value is -2.32.